The van der Waals surface area contributed by atoms with Crippen molar-refractivity contribution in [3.63, 3.8) is 0 Å². The molecule has 0 heterocycles. The number of ether oxygens (including phenoxy) is 1. The fourth-order valence-electron chi connectivity index (χ4n) is 1.83. The summed E-state index contributed by atoms with van der Waals surface area (Å²) in [6.45, 7) is 9.41. The molecule has 5 nitrogen and oxygen atoms in total. The number of carbonyl (C=O) groups excluding carboxylic acids is 1. The lowest BCUT2D eigenvalue weighted by Gasteiger charge is -2.18. The Labute approximate surface area is 131 Å². The second kappa shape index (κ2) is 7.82. The molecule has 0 aliphatic heterocycles. The van der Waals surface area contributed by atoms with Crippen molar-refractivity contribution >= 4 is 11.9 Å². The van der Waals surface area contributed by atoms with Gasteiger partial charge < -0.3 is 15.2 Å². The Balaban J connectivity index is 2.67. The van der Waals surface area contributed by atoms with E-state index in [9.17, 15) is 9.59 Å². The molecule has 0 bridgehead atoms. The highest BCUT2D eigenvalue weighted by Crippen LogP contribution is 2.25. The topological polar surface area (TPSA) is 75.6 Å². The van der Waals surface area contributed by atoms with Crippen molar-refractivity contribution in [1.29, 1.82) is 0 Å². The van der Waals surface area contributed by atoms with Crippen LogP contribution in [0.25, 0.3) is 0 Å². The lowest BCUT2D eigenvalue weighted by atomic mass is 10.0. The monoisotopic (exact) mass is 307 g/mol. The molecule has 0 aromatic heterocycles. The molecule has 122 valence electrons. The highest BCUT2D eigenvalue weighted by Gasteiger charge is 2.18. The van der Waals surface area contributed by atoms with Crippen LogP contribution in [0.3, 0.4) is 0 Å². The van der Waals surface area contributed by atoms with Gasteiger partial charge >= 0.3 is 5.97 Å². The number of carbonyl (C=O) groups is 2. The number of hydrogen-bond acceptors (Lipinski definition) is 3. The third-order valence-electron chi connectivity index (χ3n) is 3.56. The fourth-order valence-corrected chi connectivity index (χ4v) is 1.83. The zero-order chi connectivity index (χ0) is 16.9. The van der Waals surface area contributed by atoms with Crippen LogP contribution in [0.15, 0.2) is 18.2 Å². The maximum atomic E-state index is 12.0. The van der Waals surface area contributed by atoms with Crippen molar-refractivity contribution in [2.24, 2.45) is 5.92 Å². The van der Waals surface area contributed by atoms with Crippen LogP contribution in [0.1, 0.15) is 44.7 Å². The quantitative estimate of drug-likeness (QED) is 0.812. The molecule has 0 saturated heterocycles. The van der Waals surface area contributed by atoms with E-state index < -0.39 is 18.0 Å². The molecule has 22 heavy (non-hydrogen) atoms. The van der Waals surface area contributed by atoms with E-state index in [1.165, 1.54) is 0 Å². The first-order valence-corrected chi connectivity index (χ1v) is 7.50. The van der Waals surface area contributed by atoms with E-state index in [0.717, 1.165) is 11.1 Å². The summed E-state index contributed by atoms with van der Waals surface area (Å²) in [6.07, 6.45) is -0.679. The van der Waals surface area contributed by atoms with Crippen molar-refractivity contribution in [3.05, 3.63) is 29.3 Å². The number of aliphatic carboxylic acids is 1. The number of rotatable bonds is 7. The second-order valence-corrected chi connectivity index (χ2v) is 5.92. The zero-order valence-electron chi connectivity index (χ0n) is 13.8. The number of carboxylic acids is 1. The van der Waals surface area contributed by atoms with Crippen LogP contribution in [0, 0.1) is 12.8 Å². The summed E-state index contributed by atoms with van der Waals surface area (Å²) in [4.78, 5) is 22.7. The summed E-state index contributed by atoms with van der Waals surface area (Å²) in [7, 11) is 0. The third kappa shape index (κ3) is 5.06. The summed E-state index contributed by atoms with van der Waals surface area (Å²) in [5.41, 5.74) is 2.11. The second-order valence-electron chi connectivity index (χ2n) is 5.92. The Morgan fingerprint density at radius 3 is 2.41 bits per heavy atom. The van der Waals surface area contributed by atoms with Gasteiger partial charge in [-0.1, -0.05) is 32.9 Å². The van der Waals surface area contributed by atoms with Gasteiger partial charge in [-0.15, -0.1) is 0 Å². The van der Waals surface area contributed by atoms with Crippen LogP contribution >= 0.6 is 0 Å². The van der Waals surface area contributed by atoms with Crippen LogP contribution in [-0.4, -0.2) is 29.6 Å². The van der Waals surface area contributed by atoms with Crippen molar-refractivity contribution in [1.82, 2.24) is 5.32 Å². The first kappa shape index (κ1) is 18.0. The smallest absolute Gasteiger partial charge is 0.308 e. The number of amides is 1. The van der Waals surface area contributed by atoms with Gasteiger partial charge in [-0.2, -0.15) is 0 Å². The van der Waals surface area contributed by atoms with Gasteiger partial charge in [-0.25, -0.2) is 0 Å². The molecule has 0 aliphatic rings. The van der Waals surface area contributed by atoms with Crippen molar-refractivity contribution in [3.8, 4) is 5.75 Å². The van der Waals surface area contributed by atoms with Crippen LogP contribution in [0.2, 0.25) is 0 Å². The molecule has 0 aliphatic carbocycles. The largest absolute Gasteiger partial charge is 0.481 e. The van der Waals surface area contributed by atoms with E-state index in [0.29, 0.717) is 11.7 Å². The number of aryl methyl sites for hydroxylation is 1. The molecule has 2 atom stereocenters. The molecule has 0 fully saturated rings. The minimum Gasteiger partial charge on any atom is -0.481 e. The van der Waals surface area contributed by atoms with Crippen LogP contribution in [-0.2, 0) is 9.59 Å². The molecule has 0 spiro atoms. The van der Waals surface area contributed by atoms with Crippen molar-refractivity contribution < 1.29 is 19.4 Å². The minimum absolute atomic E-state index is 0.0902. The Kier molecular flexibility index (Phi) is 6.40. The third-order valence-corrected chi connectivity index (χ3v) is 3.56. The van der Waals surface area contributed by atoms with Gasteiger partial charge in [0.2, 0.25) is 0 Å². The van der Waals surface area contributed by atoms with E-state index in [4.69, 9.17) is 9.84 Å². The Bertz CT molecular complexity index is 539. The summed E-state index contributed by atoms with van der Waals surface area (Å²) in [5, 5.41) is 11.4. The van der Waals surface area contributed by atoms with Gasteiger partial charge in [-0.05, 0) is 37.0 Å². The first-order chi connectivity index (χ1) is 10.2. The van der Waals surface area contributed by atoms with Crippen molar-refractivity contribution in [2.45, 2.75) is 46.6 Å². The van der Waals surface area contributed by atoms with Gasteiger partial charge in [0.15, 0.2) is 6.10 Å². The zero-order valence-corrected chi connectivity index (χ0v) is 13.8. The van der Waals surface area contributed by atoms with Gasteiger partial charge in [0.1, 0.15) is 5.75 Å². The van der Waals surface area contributed by atoms with Gasteiger partial charge in [0, 0.05) is 6.54 Å². The minimum atomic E-state index is -0.936. The van der Waals surface area contributed by atoms with Crippen LogP contribution in [0.5, 0.6) is 5.75 Å². The Hall–Kier alpha value is -2.04. The summed E-state index contributed by atoms with van der Waals surface area (Å²) >= 11 is 0. The molecule has 1 aromatic rings. The van der Waals surface area contributed by atoms with Crippen LogP contribution < -0.4 is 10.1 Å². The Morgan fingerprint density at radius 2 is 1.86 bits per heavy atom. The van der Waals surface area contributed by atoms with E-state index in [2.05, 4.69) is 19.2 Å². The Morgan fingerprint density at radius 1 is 1.23 bits per heavy atom. The molecule has 2 N–H and O–H groups in total. The average molecular weight is 307 g/mol. The van der Waals surface area contributed by atoms with Gasteiger partial charge in [0.25, 0.3) is 5.91 Å². The molecular formula is C17H25NO4. The number of carboxylic acid groups (broad SMARTS) is 1. The SMILES string of the molecule is Cc1ccc(C(C)C)cc1OC(C)C(=O)NCC(C)C(=O)O. The molecular weight excluding hydrogens is 282 g/mol. The maximum absolute atomic E-state index is 12.0. The van der Waals surface area contributed by atoms with E-state index >= 15 is 0 Å². The number of benzene rings is 1. The summed E-state index contributed by atoms with van der Waals surface area (Å²) < 4.78 is 5.73. The lowest BCUT2D eigenvalue weighted by Crippen LogP contribution is -2.39. The summed E-state index contributed by atoms with van der Waals surface area (Å²) in [5.74, 6) is -0.817. The molecule has 1 rings (SSSR count). The maximum Gasteiger partial charge on any atom is 0.308 e. The number of hydrogen-bond donors (Lipinski definition) is 2. The molecule has 0 saturated carbocycles. The first-order valence-electron chi connectivity index (χ1n) is 7.50. The summed E-state index contributed by atoms with van der Waals surface area (Å²) in [6, 6.07) is 5.97. The molecule has 1 amide bonds. The highest BCUT2D eigenvalue weighted by atomic mass is 16.5. The van der Waals surface area contributed by atoms with E-state index in [1.807, 2.05) is 25.1 Å². The molecule has 0 radical (unpaired) electrons. The highest BCUT2D eigenvalue weighted by molar-refractivity contribution is 5.81. The van der Waals surface area contributed by atoms with Gasteiger partial charge in [-0.3, -0.25) is 9.59 Å². The standard InChI is InChI=1S/C17H25NO4/c1-10(2)14-7-6-11(3)15(8-14)22-13(5)16(19)18-9-12(4)17(20)21/h6-8,10,12-13H,9H2,1-5H3,(H,18,19)(H,20,21). The van der Waals surface area contributed by atoms with Crippen LogP contribution in [0.4, 0.5) is 0 Å². The number of nitrogens with one attached hydrogen (secondary N) is 1. The normalized spacial score (nSPS) is 13.5. The average Bonchev–Trinajstić information content (AvgIpc) is 2.45. The van der Waals surface area contributed by atoms with E-state index in [1.54, 1.807) is 13.8 Å². The van der Waals surface area contributed by atoms with Crippen molar-refractivity contribution in [2.75, 3.05) is 6.54 Å². The molecule has 1 aromatic carbocycles. The molecule has 2 unspecified atom stereocenters. The predicted octanol–water partition coefficient (Wildman–Crippen LogP) is 2.72. The fraction of sp³-hybridized carbons (Fsp3) is 0.529. The predicted molar refractivity (Wildman–Crippen MR) is 85.2 cm³/mol. The van der Waals surface area contributed by atoms with Gasteiger partial charge in [0.05, 0.1) is 5.92 Å². The molecule has 5 heteroatoms. The van der Waals surface area contributed by atoms with E-state index in [-0.39, 0.29) is 12.5 Å². The lowest BCUT2D eigenvalue weighted by molar-refractivity contribution is -0.141.